The summed E-state index contributed by atoms with van der Waals surface area (Å²) < 4.78 is 0. The van der Waals surface area contributed by atoms with E-state index < -0.39 is 11.8 Å². The first-order valence-corrected chi connectivity index (χ1v) is 8.86. The lowest BCUT2D eigenvalue weighted by atomic mass is 9.83. The van der Waals surface area contributed by atoms with Gasteiger partial charge in [0.15, 0.2) is 5.78 Å². The number of para-hydroxylation sites is 1. The zero-order chi connectivity index (χ0) is 19.3. The number of allylic oxidation sites excluding steroid dienone is 1. The molecule has 2 amide bonds. The number of rotatable bonds is 3. The monoisotopic (exact) mass is 360 g/mol. The Bertz CT molecular complexity index is 985. The molecule has 0 spiro atoms. The number of amides is 2. The normalized spacial score (nSPS) is 18.9. The lowest BCUT2D eigenvalue weighted by Crippen LogP contribution is -2.35. The largest absolute Gasteiger partial charge is 0.347 e. The van der Waals surface area contributed by atoms with Crippen LogP contribution in [0.4, 0.5) is 5.69 Å². The van der Waals surface area contributed by atoms with Crippen molar-refractivity contribution in [2.45, 2.75) is 19.3 Å². The molecule has 5 heteroatoms. The fourth-order valence-electron chi connectivity index (χ4n) is 4.00. The Morgan fingerprint density at radius 2 is 1.52 bits per heavy atom. The number of nitrogens with zero attached hydrogens (tertiary/aromatic N) is 2. The number of ketones is 1. The summed E-state index contributed by atoms with van der Waals surface area (Å²) in [5, 5.41) is 0. The average Bonchev–Trinajstić information content (AvgIpc) is 3.01. The molecular formula is C22H20N2O3. The molecule has 0 fully saturated rings. The third-order valence-corrected chi connectivity index (χ3v) is 5.43. The molecule has 2 aromatic rings. The lowest BCUT2D eigenvalue weighted by molar-refractivity contribution is -0.115. The highest BCUT2D eigenvalue weighted by atomic mass is 16.2. The minimum absolute atomic E-state index is 0.254. The maximum absolute atomic E-state index is 12.7. The van der Waals surface area contributed by atoms with Crippen molar-refractivity contribution in [3.05, 3.63) is 77.0 Å². The molecule has 2 aliphatic rings. The Balaban J connectivity index is 1.61. The summed E-state index contributed by atoms with van der Waals surface area (Å²) in [6.07, 6.45) is 1.56. The highest BCUT2D eigenvalue weighted by molar-refractivity contribution is 6.22. The molecule has 0 aliphatic carbocycles. The molecule has 0 radical (unpaired) electrons. The van der Waals surface area contributed by atoms with Crippen LogP contribution in [0.2, 0.25) is 0 Å². The van der Waals surface area contributed by atoms with Crippen molar-refractivity contribution in [2.24, 2.45) is 0 Å². The molecule has 0 saturated carbocycles. The summed E-state index contributed by atoms with van der Waals surface area (Å²) in [7, 11) is 1.93. The minimum atomic E-state index is -0.412. The molecule has 0 unspecified atom stereocenters. The van der Waals surface area contributed by atoms with Crippen molar-refractivity contribution in [3.63, 3.8) is 0 Å². The first kappa shape index (κ1) is 17.2. The number of hydrogen-bond donors (Lipinski definition) is 0. The Hall–Kier alpha value is -3.21. The predicted molar refractivity (Wildman–Crippen MR) is 103 cm³/mol. The third-order valence-electron chi connectivity index (χ3n) is 5.43. The Morgan fingerprint density at radius 3 is 2.11 bits per heavy atom. The van der Waals surface area contributed by atoms with Gasteiger partial charge in [-0.1, -0.05) is 44.2 Å². The van der Waals surface area contributed by atoms with Crippen LogP contribution in [-0.2, 0) is 10.2 Å². The van der Waals surface area contributed by atoms with E-state index in [0.29, 0.717) is 11.1 Å². The van der Waals surface area contributed by atoms with E-state index in [1.165, 1.54) is 0 Å². The van der Waals surface area contributed by atoms with E-state index in [1.54, 1.807) is 30.3 Å². The van der Waals surface area contributed by atoms with Crippen molar-refractivity contribution in [2.75, 3.05) is 18.5 Å². The smallest absolute Gasteiger partial charge is 0.261 e. The lowest BCUT2D eigenvalue weighted by Gasteiger charge is -2.24. The third kappa shape index (κ3) is 2.50. The van der Waals surface area contributed by atoms with Crippen LogP contribution in [0.3, 0.4) is 0 Å². The highest BCUT2D eigenvalue weighted by Crippen LogP contribution is 2.46. The number of carbonyl (C=O) groups is 3. The second-order valence-electron chi connectivity index (χ2n) is 7.44. The van der Waals surface area contributed by atoms with Crippen LogP contribution in [0.1, 0.15) is 40.1 Å². The van der Waals surface area contributed by atoms with Gasteiger partial charge in [-0.15, -0.1) is 0 Å². The van der Waals surface area contributed by atoms with Gasteiger partial charge in [-0.05, 0) is 23.8 Å². The number of anilines is 1. The fraction of sp³-hybridized carbons (Fsp3) is 0.227. The molecule has 136 valence electrons. The topological polar surface area (TPSA) is 57.7 Å². The zero-order valence-electron chi connectivity index (χ0n) is 15.5. The van der Waals surface area contributed by atoms with E-state index >= 15 is 0 Å². The quantitative estimate of drug-likeness (QED) is 0.623. The van der Waals surface area contributed by atoms with Crippen LogP contribution < -0.4 is 4.90 Å². The zero-order valence-corrected chi connectivity index (χ0v) is 15.5. The van der Waals surface area contributed by atoms with E-state index in [2.05, 4.69) is 19.9 Å². The number of likely N-dealkylation sites (N-methyl/N-ethyl adjacent to an activating group) is 1. The second-order valence-corrected chi connectivity index (χ2v) is 7.44. The van der Waals surface area contributed by atoms with Crippen LogP contribution in [0.25, 0.3) is 0 Å². The van der Waals surface area contributed by atoms with Crippen molar-refractivity contribution in [3.8, 4) is 0 Å². The van der Waals surface area contributed by atoms with Gasteiger partial charge < -0.3 is 4.90 Å². The van der Waals surface area contributed by atoms with Crippen LogP contribution in [0, 0.1) is 0 Å². The summed E-state index contributed by atoms with van der Waals surface area (Å²) in [5.41, 5.74) is 3.44. The molecular weight excluding hydrogens is 340 g/mol. The number of carbonyl (C=O) groups excluding carboxylic acids is 3. The number of benzene rings is 2. The summed E-state index contributed by atoms with van der Waals surface area (Å²) in [6, 6.07) is 14.7. The maximum atomic E-state index is 12.7. The number of hydrogen-bond acceptors (Lipinski definition) is 4. The molecule has 0 atom stereocenters. The minimum Gasteiger partial charge on any atom is -0.347 e. The van der Waals surface area contributed by atoms with Crippen LogP contribution >= 0.6 is 0 Å². The van der Waals surface area contributed by atoms with E-state index in [0.717, 1.165) is 21.8 Å². The van der Waals surface area contributed by atoms with Gasteiger partial charge in [-0.3, -0.25) is 19.3 Å². The van der Waals surface area contributed by atoms with Gasteiger partial charge in [0, 0.05) is 29.9 Å². The molecule has 2 aliphatic heterocycles. The molecule has 27 heavy (non-hydrogen) atoms. The van der Waals surface area contributed by atoms with E-state index in [-0.39, 0.29) is 17.7 Å². The number of fused-ring (bicyclic) bond motifs is 2. The molecule has 2 aromatic carbocycles. The van der Waals surface area contributed by atoms with Crippen LogP contribution in [-0.4, -0.2) is 36.1 Å². The van der Waals surface area contributed by atoms with Crippen molar-refractivity contribution < 1.29 is 14.4 Å². The summed E-state index contributed by atoms with van der Waals surface area (Å²) in [6.45, 7) is 3.88. The van der Waals surface area contributed by atoms with Crippen molar-refractivity contribution >= 4 is 23.3 Å². The van der Waals surface area contributed by atoms with E-state index in [1.807, 2.05) is 30.1 Å². The first-order valence-electron chi connectivity index (χ1n) is 8.86. The molecule has 5 nitrogen and oxygen atoms in total. The SMILES string of the molecule is CN1C(=CC(=O)CN2C(=O)c3ccccc3C2=O)C(C)(C)c2ccccc21. The highest BCUT2D eigenvalue weighted by Gasteiger charge is 2.40. The van der Waals surface area contributed by atoms with Gasteiger partial charge in [0.1, 0.15) is 0 Å². The van der Waals surface area contributed by atoms with Crippen molar-refractivity contribution in [1.82, 2.24) is 4.90 Å². The maximum Gasteiger partial charge on any atom is 0.261 e. The Morgan fingerprint density at radius 1 is 0.963 bits per heavy atom. The van der Waals surface area contributed by atoms with Crippen LogP contribution in [0.15, 0.2) is 60.3 Å². The van der Waals surface area contributed by atoms with Gasteiger partial charge in [-0.2, -0.15) is 0 Å². The molecule has 0 N–H and O–H groups in total. The van der Waals surface area contributed by atoms with Crippen molar-refractivity contribution in [1.29, 1.82) is 0 Å². The van der Waals surface area contributed by atoms with Crippen LogP contribution in [0.5, 0.6) is 0 Å². The predicted octanol–water partition coefficient (Wildman–Crippen LogP) is 3.16. The fourth-order valence-corrected chi connectivity index (χ4v) is 4.00. The standard InChI is InChI=1S/C22H20N2O3/c1-22(2)17-10-6-7-11-18(17)23(3)19(22)12-14(25)13-24-20(26)15-8-4-5-9-16(15)21(24)27/h4-12H,13H2,1-3H3. The van der Waals surface area contributed by atoms with E-state index in [4.69, 9.17) is 0 Å². The molecule has 2 heterocycles. The average molecular weight is 360 g/mol. The molecule has 0 aromatic heterocycles. The van der Waals surface area contributed by atoms with E-state index in [9.17, 15) is 14.4 Å². The molecule has 0 saturated heterocycles. The molecule has 4 rings (SSSR count). The van der Waals surface area contributed by atoms with Gasteiger partial charge in [0.25, 0.3) is 11.8 Å². The first-order chi connectivity index (χ1) is 12.8. The van der Waals surface area contributed by atoms with Gasteiger partial charge in [-0.25, -0.2) is 0 Å². The number of imide groups is 1. The van der Waals surface area contributed by atoms with Gasteiger partial charge in [0.05, 0.1) is 17.7 Å². The van der Waals surface area contributed by atoms with Gasteiger partial charge >= 0.3 is 0 Å². The van der Waals surface area contributed by atoms with Gasteiger partial charge in [0.2, 0.25) is 0 Å². The molecule has 0 bridgehead atoms. The summed E-state index contributed by atoms with van der Waals surface area (Å²) in [5.74, 6) is -1.10. The summed E-state index contributed by atoms with van der Waals surface area (Å²) in [4.78, 5) is 40.7. The Kier molecular flexibility index (Phi) is 3.77. The summed E-state index contributed by atoms with van der Waals surface area (Å²) >= 11 is 0. The Labute approximate surface area is 157 Å². The second kappa shape index (κ2) is 5.91.